The highest BCUT2D eigenvalue weighted by molar-refractivity contribution is 5.81. The summed E-state index contributed by atoms with van der Waals surface area (Å²) in [4.78, 5) is 14.3. The lowest BCUT2D eigenvalue weighted by molar-refractivity contribution is -0.137. The van der Waals surface area contributed by atoms with Crippen molar-refractivity contribution in [3.63, 3.8) is 0 Å². The molecule has 0 saturated carbocycles. The van der Waals surface area contributed by atoms with Crippen LogP contribution in [0.15, 0.2) is 54.6 Å². The number of carbonyl (C=O) groups is 1. The van der Waals surface area contributed by atoms with Gasteiger partial charge in [-0.3, -0.25) is 4.79 Å². The maximum absolute atomic E-state index is 12.9. The van der Waals surface area contributed by atoms with Gasteiger partial charge in [0.1, 0.15) is 11.6 Å². The average Bonchev–Trinajstić information content (AvgIpc) is 2.61. The van der Waals surface area contributed by atoms with Gasteiger partial charge in [0.05, 0.1) is 0 Å². The zero-order chi connectivity index (χ0) is 17.4. The van der Waals surface area contributed by atoms with Gasteiger partial charge in [-0.1, -0.05) is 30.3 Å². The van der Waals surface area contributed by atoms with Crippen molar-refractivity contribution in [2.24, 2.45) is 5.73 Å². The van der Waals surface area contributed by atoms with Gasteiger partial charge in [0, 0.05) is 19.6 Å². The number of benzene rings is 2. The fourth-order valence-electron chi connectivity index (χ4n) is 2.42. The smallest absolute Gasteiger partial charge is 0.263 e. The molecule has 1 atom stereocenters. The van der Waals surface area contributed by atoms with Crippen LogP contribution in [-0.2, 0) is 11.2 Å². The topological polar surface area (TPSA) is 55.6 Å². The minimum atomic E-state index is -0.655. The van der Waals surface area contributed by atoms with Crippen LogP contribution in [0.5, 0.6) is 5.75 Å². The molecule has 0 aliphatic rings. The van der Waals surface area contributed by atoms with E-state index in [1.807, 2.05) is 30.3 Å². The molecule has 0 fully saturated rings. The molecule has 2 N–H and O–H groups in total. The summed E-state index contributed by atoms with van der Waals surface area (Å²) < 4.78 is 18.5. The van der Waals surface area contributed by atoms with Gasteiger partial charge in [-0.2, -0.15) is 0 Å². The van der Waals surface area contributed by atoms with Crippen LogP contribution in [0, 0.1) is 5.82 Å². The SMILES string of the molecule is CC(Oc1ccc(F)cc1)C(=O)N(CCN)CCc1ccccc1. The third kappa shape index (κ3) is 5.35. The van der Waals surface area contributed by atoms with Crippen LogP contribution in [0.25, 0.3) is 0 Å². The largest absolute Gasteiger partial charge is 0.481 e. The quantitative estimate of drug-likeness (QED) is 0.809. The Labute approximate surface area is 142 Å². The van der Waals surface area contributed by atoms with Crippen molar-refractivity contribution in [3.8, 4) is 5.75 Å². The summed E-state index contributed by atoms with van der Waals surface area (Å²) in [5.41, 5.74) is 6.80. The molecule has 5 heteroatoms. The third-order valence-corrected chi connectivity index (χ3v) is 3.70. The van der Waals surface area contributed by atoms with Crippen molar-refractivity contribution in [1.82, 2.24) is 4.90 Å². The number of hydrogen-bond donors (Lipinski definition) is 1. The molecule has 2 rings (SSSR count). The molecule has 0 saturated heterocycles. The second kappa shape index (κ2) is 9.03. The fourth-order valence-corrected chi connectivity index (χ4v) is 2.42. The minimum absolute atomic E-state index is 0.124. The third-order valence-electron chi connectivity index (χ3n) is 3.70. The second-order valence-corrected chi connectivity index (χ2v) is 5.56. The minimum Gasteiger partial charge on any atom is -0.481 e. The Morgan fingerprint density at radius 2 is 1.79 bits per heavy atom. The van der Waals surface area contributed by atoms with Gasteiger partial charge in [0.25, 0.3) is 5.91 Å². The van der Waals surface area contributed by atoms with E-state index in [9.17, 15) is 9.18 Å². The van der Waals surface area contributed by atoms with Gasteiger partial charge in [0.2, 0.25) is 0 Å². The molecular formula is C19H23FN2O2. The summed E-state index contributed by atoms with van der Waals surface area (Å²) in [5.74, 6) is 0.00247. The van der Waals surface area contributed by atoms with E-state index in [1.54, 1.807) is 11.8 Å². The van der Waals surface area contributed by atoms with Gasteiger partial charge < -0.3 is 15.4 Å². The van der Waals surface area contributed by atoms with Crippen molar-refractivity contribution >= 4 is 5.91 Å². The van der Waals surface area contributed by atoms with E-state index in [0.717, 1.165) is 6.42 Å². The summed E-state index contributed by atoms with van der Waals surface area (Å²) in [5, 5.41) is 0. The Hall–Kier alpha value is -2.40. The van der Waals surface area contributed by atoms with E-state index in [2.05, 4.69) is 0 Å². The molecule has 2 aromatic carbocycles. The van der Waals surface area contributed by atoms with Crippen molar-refractivity contribution in [3.05, 3.63) is 66.0 Å². The first kappa shape index (κ1) is 17.9. The highest BCUT2D eigenvalue weighted by Crippen LogP contribution is 2.14. The average molecular weight is 330 g/mol. The number of hydrogen-bond acceptors (Lipinski definition) is 3. The van der Waals surface area contributed by atoms with E-state index in [-0.39, 0.29) is 11.7 Å². The molecule has 128 valence electrons. The molecule has 0 heterocycles. The number of nitrogens with zero attached hydrogens (tertiary/aromatic N) is 1. The second-order valence-electron chi connectivity index (χ2n) is 5.56. The van der Waals surface area contributed by atoms with Crippen LogP contribution >= 0.6 is 0 Å². The molecule has 4 nitrogen and oxygen atoms in total. The lowest BCUT2D eigenvalue weighted by Gasteiger charge is -2.25. The highest BCUT2D eigenvalue weighted by atomic mass is 19.1. The summed E-state index contributed by atoms with van der Waals surface area (Å²) in [6.07, 6.45) is 0.105. The lowest BCUT2D eigenvalue weighted by atomic mass is 10.1. The molecular weight excluding hydrogens is 307 g/mol. The number of carbonyl (C=O) groups excluding carboxylic acids is 1. The van der Waals surface area contributed by atoms with E-state index < -0.39 is 6.10 Å². The van der Waals surface area contributed by atoms with Crippen LogP contribution in [0.2, 0.25) is 0 Å². The predicted molar refractivity (Wildman–Crippen MR) is 92.3 cm³/mol. The van der Waals surface area contributed by atoms with Crippen LogP contribution in [0.3, 0.4) is 0 Å². The zero-order valence-corrected chi connectivity index (χ0v) is 13.8. The molecule has 0 aliphatic heterocycles. The van der Waals surface area contributed by atoms with Crippen LogP contribution in [0.1, 0.15) is 12.5 Å². The van der Waals surface area contributed by atoms with Crippen molar-refractivity contribution in [2.75, 3.05) is 19.6 Å². The van der Waals surface area contributed by atoms with Crippen molar-refractivity contribution in [1.29, 1.82) is 0 Å². The Kier molecular flexibility index (Phi) is 6.75. The number of ether oxygens (including phenoxy) is 1. The molecule has 1 unspecified atom stereocenters. The monoisotopic (exact) mass is 330 g/mol. The number of halogens is 1. The standard InChI is InChI=1S/C19H23FN2O2/c1-15(24-18-9-7-17(20)8-10-18)19(23)22(14-12-21)13-11-16-5-3-2-4-6-16/h2-10,15H,11-14,21H2,1H3. The lowest BCUT2D eigenvalue weighted by Crippen LogP contribution is -2.43. The van der Waals surface area contributed by atoms with Crippen LogP contribution in [-0.4, -0.2) is 36.5 Å². The molecule has 1 amide bonds. The normalized spacial score (nSPS) is 11.8. The van der Waals surface area contributed by atoms with E-state index in [0.29, 0.717) is 25.4 Å². The van der Waals surface area contributed by atoms with E-state index in [4.69, 9.17) is 10.5 Å². The van der Waals surface area contributed by atoms with Gasteiger partial charge in [-0.25, -0.2) is 4.39 Å². The fraction of sp³-hybridized carbons (Fsp3) is 0.316. The van der Waals surface area contributed by atoms with Gasteiger partial charge >= 0.3 is 0 Å². The first-order valence-electron chi connectivity index (χ1n) is 8.05. The van der Waals surface area contributed by atoms with E-state index in [1.165, 1.54) is 29.8 Å². The van der Waals surface area contributed by atoms with E-state index >= 15 is 0 Å². The Bertz CT molecular complexity index is 632. The zero-order valence-electron chi connectivity index (χ0n) is 13.8. The predicted octanol–water partition coefficient (Wildman–Crippen LogP) is 2.62. The van der Waals surface area contributed by atoms with Crippen molar-refractivity contribution < 1.29 is 13.9 Å². The first-order valence-corrected chi connectivity index (χ1v) is 8.05. The van der Waals surface area contributed by atoms with Gasteiger partial charge in [-0.15, -0.1) is 0 Å². The maximum atomic E-state index is 12.9. The summed E-state index contributed by atoms with van der Waals surface area (Å²) in [7, 11) is 0. The highest BCUT2D eigenvalue weighted by Gasteiger charge is 2.21. The molecule has 0 radical (unpaired) electrons. The summed E-state index contributed by atoms with van der Waals surface area (Å²) in [6, 6.07) is 15.6. The first-order chi connectivity index (χ1) is 11.6. The molecule has 0 bridgehead atoms. The molecule has 0 spiro atoms. The molecule has 2 aromatic rings. The Balaban J connectivity index is 1.95. The summed E-state index contributed by atoms with van der Waals surface area (Å²) in [6.45, 7) is 3.14. The molecule has 24 heavy (non-hydrogen) atoms. The van der Waals surface area contributed by atoms with Gasteiger partial charge in [0.15, 0.2) is 6.10 Å². The Morgan fingerprint density at radius 1 is 1.12 bits per heavy atom. The Morgan fingerprint density at radius 3 is 2.42 bits per heavy atom. The molecule has 0 aliphatic carbocycles. The van der Waals surface area contributed by atoms with Crippen LogP contribution < -0.4 is 10.5 Å². The number of rotatable bonds is 8. The number of nitrogens with two attached hydrogens (primary N) is 1. The van der Waals surface area contributed by atoms with Gasteiger partial charge in [-0.05, 0) is 43.2 Å². The maximum Gasteiger partial charge on any atom is 0.263 e. The molecule has 0 aromatic heterocycles. The van der Waals surface area contributed by atoms with Crippen molar-refractivity contribution in [2.45, 2.75) is 19.4 Å². The van der Waals surface area contributed by atoms with Crippen LogP contribution in [0.4, 0.5) is 4.39 Å². The summed E-state index contributed by atoms with van der Waals surface area (Å²) >= 11 is 0. The number of amides is 1.